The van der Waals surface area contributed by atoms with Crippen molar-refractivity contribution in [3.05, 3.63) is 35.6 Å². The molecule has 9 heteroatoms. The Hall–Kier alpha value is -1.68. The highest BCUT2D eigenvalue weighted by atomic mass is 32.2. The predicted octanol–water partition coefficient (Wildman–Crippen LogP) is 0.907. The third-order valence-corrected chi connectivity index (χ3v) is 5.95. The molecule has 160 valence electrons. The van der Waals surface area contributed by atoms with Crippen molar-refractivity contribution < 1.29 is 23.5 Å². The Labute approximate surface area is 174 Å². The summed E-state index contributed by atoms with van der Waals surface area (Å²) in [5.74, 6) is 0.125. The number of hydrogen-bond donors (Lipinski definition) is 1. The van der Waals surface area contributed by atoms with Crippen LogP contribution in [0.2, 0.25) is 0 Å². The highest BCUT2D eigenvalue weighted by Gasteiger charge is 2.24. The summed E-state index contributed by atoms with van der Waals surface area (Å²) < 4.78 is 24.4. The van der Waals surface area contributed by atoms with Crippen LogP contribution in [0, 0.1) is 5.82 Å². The van der Waals surface area contributed by atoms with Gasteiger partial charge in [0, 0.05) is 32.7 Å². The number of nitrogens with zero attached hydrogens (tertiary/aromatic N) is 2. The summed E-state index contributed by atoms with van der Waals surface area (Å²) in [6.07, 6.45) is 0. The summed E-state index contributed by atoms with van der Waals surface area (Å²) in [5, 5.41) is 2.94. The van der Waals surface area contributed by atoms with Gasteiger partial charge in [0.25, 0.3) is 0 Å². The Bertz CT molecular complexity index is 681. The van der Waals surface area contributed by atoms with E-state index in [1.807, 2.05) is 6.07 Å². The molecule has 1 unspecified atom stereocenters. The summed E-state index contributed by atoms with van der Waals surface area (Å²) >= 11 is 1.31. The Morgan fingerprint density at radius 1 is 1.07 bits per heavy atom. The minimum Gasteiger partial charge on any atom is -0.379 e. The second-order valence-electron chi connectivity index (χ2n) is 7.01. The number of carbonyl (C=O) groups is 2. The number of hydrogen-bond acceptors (Lipinski definition) is 6. The van der Waals surface area contributed by atoms with Crippen molar-refractivity contribution in [3.63, 3.8) is 0 Å². The van der Waals surface area contributed by atoms with Gasteiger partial charge in [-0.25, -0.2) is 4.39 Å². The molecule has 2 fully saturated rings. The number of thioether (sulfide) groups is 1. The fourth-order valence-corrected chi connectivity index (χ4v) is 4.20. The van der Waals surface area contributed by atoms with Crippen molar-refractivity contribution in [1.29, 1.82) is 0 Å². The maximum Gasteiger partial charge on any atom is 0.232 e. The number of ether oxygens (including phenoxy) is 2. The van der Waals surface area contributed by atoms with Gasteiger partial charge in [0.2, 0.25) is 11.8 Å². The predicted molar refractivity (Wildman–Crippen MR) is 109 cm³/mol. The molecule has 1 aromatic carbocycles. The van der Waals surface area contributed by atoms with E-state index in [4.69, 9.17) is 9.47 Å². The number of morpholine rings is 2. The number of rotatable bonds is 8. The van der Waals surface area contributed by atoms with Crippen LogP contribution >= 0.6 is 11.8 Å². The molecule has 2 aliphatic rings. The van der Waals surface area contributed by atoms with Gasteiger partial charge in [-0.1, -0.05) is 12.1 Å². The van der Waals surface area contributed by atoms with E-state index < -0.39 is 0 Å². The molecule has 1 aromatic rings. The second-order valence-corrected chi connectivity index (χ2v) is 7.99. The molecule has 0 spiro atoms. The Kier molecular flexibility index (Phi) is 8.72. The molecule has 2 saturated heterocycles. The Morgan fingerprint density at radius 3 is 2.45 bits per heavy atom. The van der Waals surface area contributed by atoms with E-state index in [1.54, 1.807) is 11.0 Å². The maximum atomic E-state index is 13.7. The minimum absolute atomic E-state index is 0.0389. The van der Waals surface area contributed by atoms with Crippen LogP contribution in [0.1, 0.15) is 11.6 Å². The largest absolute Gasteiger partial charge is 0.379 e. The summed E-state index contributed by atoms with van der Waals surface area (Å²) in [6.45, 7) is 5.47. The number of amides is 2. The average Bonchev–Trinajstić information content (AvgIpc) is 2.75. The Balaban J connectivity index is 1.46. The van der Waals surface area contributed by atoms with Crippen LogP contribution in [0.4, 0.5) is 4.39 Å². The zero-order valence-corrected chi connectivity index (χ0v) is 17.3. The lowest BCUT2D eigenvalue weighted by Gasteiger charge is -2.35. The van der Waals surface area contributed by atoms with Gasteiger partial charge in [-0.05, 0) is 17.7 Å². The van der Waals surface area contributed by atoms with Gasteiger partial charge < -0.3 is 19.7 Å². The van der Waals surface area contributed by atoms with Crippen molar-refractivity contribution in [2.45, 2.75) is 6.04 Å². The topological polar surface area (TPSA) is 71.1 Å². The highest BCUT2D eigenvalue weighted by Crippen LogP contribution is 2.22. The minimum atomic E-state index is -0.288. The van der Waals surface area contributed by atoms with Crippen LogP contribution in [0.25, 0.3) is 0 Å². The monoisotopic (exact) mass is 425 g/mol. The molecule has 1 N–H and O–H groups in total. The van der Waals surface area contributed by atoms with Crippen molar-refractivity contribution >= 4 is 23.6 Å². The van der Waals surface area contributed by atoms with Crippen LogP contribution < -0.4 is 5.32 Å². The molecule has 1 atom stereocenters. The third kappa shape index (κ3) is 6.95. The number of carbonyl (C=O) groups excluding carboxylic acids is 2. The molecule has 29 heavy (non-hydrogen) atoms. The lowest BCUT2D eigenvalue weighted by molar-refractivity contribution is -0.132. The Morgan fingerprint density at radius 2 is 1.76 bits per heavy atom. The van der Waals surface area contributed by atoms with E-state index in [-0.39, 0.29) is 35.2 Å². The van der Waals surface area contributed by atoms with Crippen molar-refractivity contribution in [2.24, 2.45) is 0 Å². The first-order valence-electron chi connectivity index (χ1n) is 9.90. The van der Waals surface area contributed by atoms with E-state index in [0.29, 0.717) is 46.1 Å². The number of halogens is 1. The van der Waals surface area contributed by atoms with Gasteiger partial charge in [0.05, 0.1) is 44.0 Å². The number of benzene rings is 1. The normalized spacial score (nSPS) is 19.0. The van der Waals surface area contributed by atoms with Crippen LogP contribution in [-0.2, 0) is 19.1 Å². The van der Waals surface area contributed by atoms with Crippen LogP contribution in [0.3, 0.4) is 0 Å². The molecule has 2 amide bonds. The van der Waals surface area contributed by atoms with Gasteiger partial charge >= 0.3 is 0 Å². The molecule has 0 saturated carbocycles. The SMILES string of the molecule is O=C(CSCC(=O)N1CCOCC1)NCC(c1cccc(F)c1)N1CCOCC1. The van der Waals surface area contributed by atoms with Crippen molar-refractivity contribution in [2.75, 3.05) is 70.7 Å². The number of nitrogens with one attached hydrogen (secondary N) is 1. The van der Waals surface area contributed by atoms with Crippen molar-refractivity contribution in [1.82, 2.24) is 15.1 Å². The van der Waals surface area contributed by atoms with Crippen LogP contribution in [-0.4, -0.2) is 92.3 Å². The summed E-state index contributed by atoms with van der Waals surface area (Å²) in [6, 6.07) is 6.39. The zero-order chi connectivity index (χ0) is 20.5. The van der Waals surface area contributed by atoms with Crippen LogP contribution in [0.15, 0.2) is 24.3 Å². The van der Waals surface area contributed by atoms with Gasteiger partial charge in [-0.15, -0.1) is 11.8 Å². The first-order chi connectivity index (χ1) is 14.1. The van der Waals surface area contributed by atoms with E-state index in [9.17, 15) is 14.0 Å². The van der Waals surface area contributed by atoms with E-state index in [2.05, 4.69) is 10.2 Å². The molecule has 7 nitrogen and oxygen atoms in total. The highest BCUT2D eigenvalue weighted by molar-refractivity contribution is 8.00. The molecular formula is C20H28FN3O4S. The molecule has 0 bridgehead atoms. The summed E-state index contributed by atoms with van der Waals surface area (Å²) in [4.78, 5) is 28.4. The average molecular weight is 426 g/mol. The lowest BCUT2D eigenvalue weighted by atomic mass is 10.0. The first-order valence-corrected chi connectivity index (χ1v) is 11.1. The van der Waals surface area contributed by atoms with Gasteiger partial charge in [0.15, 0.2) is 0 Å². The summed E-state index contributed by atoms with van der Waals surface area (Å²) in [5.41, 5.74) is 0.836. The molecule has 2 heterocycles. The van der Waals surface area contributed by atoms with Crippen molar-refractivity contribution in [3.8, 4) is 0 Å². The maximum absolute atomic E-state index is 13.7. The lowest BCUT2D eigenvalue weighted by Crippen LogP contribution is -2.44. The van der Waals surface area contributed by atoms with Gasteiger partial charge in [-0.3, -0.25) is 14.5 Å². The molecular weight excluding hydrogens is 397 g/mol. The fourth-order valence-electron chi connectivity index (χ4n) is 3.46. The first kappa shape index (κ1) is 22.0. The van der Waals surface area contributed by atoms with E-state index in [0.717, 1.165) is 18.7 Å². The molecule has 2 aliphatic heterocycles. The summed E-state index contributed by atoms with van der Waals surface area (Å²) in [7, 11) is 0. The van der Waals surface area contributed by atoms with E-state index >= 15 is 0 Å². The quantitative estimate of drug-likeness (QED) is 0.668. The standard InChI is InChI=1S/C20H28FN3O4S/c21-17-3-1-2-16(12-17)18(23-4-8-27-9-5-23)13-22-19(25)14-29-15-20(26)24-6-10-28-11-7-24/h1-3,12,18H,4-11,13-15H2,(H,22,25). The molecule has 0 radical (unpaired) electrons. The molecule has 0 aromatic heterocycles. The van der Waals surface area contributed by atoms with Gasteiger partial charge in [0.1, 0.15) is 5.82 Å². The van der Waals surface area contributed by atoms with Crippen LogP contribution in [0.5, 0.6) is 0 Å². The second kappa shape index (κ2) is 11.5. The third-order valence-electron chi connectivity index (χ3n) is 5.03. The smallest absolute Gasteiger partial charge is 0.232 e. The van der Waals surface area contributed by atoms with E-state index in [1.165, 1.54) is 23.9 Å². The van der Waals surface area contributed by atoms with Gasteiger partial charge in [-0.2, -0.15) is 0 Å². The molecule has 0 aliphatic carbocycles. The fraction of sp³-hybridized carbons (Fsp3) is 0.600. The molecule has 3 rings (SSSR count). The zero-order valence-electron chi connectivity index (χ0n) is 16.5.